The van der Waals surface area contributed by atoms with Gasteiger partial charge in [0.05, 0.1) is 5.60 Å². The van der Waals surface area contributed by atoms with Gasteiger partial charge in [0, 0.05) is 12.6 Å². The fourth-order valence-electron chi connectivity index (χ4n) is 3.91. The van der Waals surface area contributed by atoms with Gasteiger partial charge >= 0.3 is 0 Å². The third-order valence-electron chi connectivity index (χ3n) is 4.94. The van der Waals surface area contributed by atoms with Gasteiger partial charge in [-0.2, -0.15) is 0 Å². The molecule has 2 rings (SSSR count). The van der Waals surface area contributed by atoms with Gasteiger partial charge in [0.1, 0.15) is 0 Å². The number of hydrogen-bond donors (Lipinski definition) is 1. The van der Waals surface area contributed by atoms with Gasteiger partial charge in [-0.3, -0.25) is 0 Å². The Balaban J connectivity index is 1.94. The smallest absolute Gasteiger partial charge is 0.0685 e. The molecule has 19 heavy (non-hydrogen) atoms. The van der Waals surface area contributed by atoms with E-state index in [1.807, 2.05) is 0 Å². The van der Waals surface area contributed by atoms with Crippen LogP contribution < -0.4 is 5.32 Å². The number of rotatable bonds is 6. The van der Waals surface area contributed by atoms with Crippen LogP contribution in [0.15, 0.2) is 12.7 Å². The molecule has 1 saturated carbocycles. The molecule has 2 atom stereocenters. The summed E-state index contributed by atoms with van der Waals surface area (Å²) in [5, 5.41) is 3.74. The lowest BCUT2D eigenvalue weighted by Gasteiger charge is -2.45. The second kappa shape index (κ2) is 7.44. The molecule has 2 heteroatoms. The minimum atomic E-state index is 0.231. The predicted octanol–water partition coefficient (Wildman–Crippen LogP) is 4.06. The second-order valence-electron chi connectivity index (χ2n) is 6.43. The van der Waals surface area contributed by atoms with Crippen molar-refractivity contribution in [3.05, 3.63) is 12.7 Å². The minimum absolute atomic E-state index is 0.231. The fourth-order valence-corrected chi connectivity index (χ4v) is 3.91. The van der Waals surface area contributed by atoms with Crippen molar-refractivity contribution < 1.29 is 4.74 Å². The van der Waals surface area contributed by atoms with Gasteiger partial charge in [0.15, 0.2) is 0 Å². The molecule has 2 aliphatic rings. The molecule has 0 aromatic heterocycles. The third-order valence-corrected chi connectivity index (χ3v) is 4.94. The molecule has 1 aliphatic carbocycles. The van der Waals surface area contributed by atoms with E-state index in [9.17, 15) is 0 Å². The zero-order chi connectivity index (χ0) is 13.6. The Morgan fingerprint density at radius 3 is 2.84 bits per heavy atom. The van der Waals surface area contributed by atoms with E-state index < -0.39 is 0 Å². The van der Waals surface area contributed by atoms with Gasteiger partial charge in [-0.15, -0.1) is 6.58 Å². The summed E-state index contributed by atoms with van der Waals surface area (Å²) < 4.78 is 6.22. The molecule has 110 valence electrons. The van der Waals surface area contributed by atoms with Crippen LogP contribution in [0.2, 0.25) is 0 Å². The fraction of sp³-hybridized carbons (Fsp3) is 0.882. The average Bonchev–Trinajstić information content (AvgIpc) is 2.44. The van der Waals surface area contributed by atoms with E-state index in [4.69, 9.17) is 4.74 Å². The van der Waals surface area contributed by atoms with Crippen molar-refractivity contribution in [1.29, 1.82) is 0 Å². The van der Waals surface area contributed by atoms with Crippen molar-refractivity contribution >= 4 is 0 Å². The summed E-state index contributed by atoms with van der Waals surface area (Å²) in [6.07, 6.45) is 13.6. The summed E-state index contributed by atoms with van der Waals surface area (Å²) >= 11 is 0. The standard InChI is InChI=1S/C17H31NO/c1-3-8-16(18-12-4-2)15-9-13-19-17(14-15)10-6-5-7-11-17/h3,15-16,18H,1,4-14H2,2H3. The lowest BCUT2D eigenvalue weighted by atomic mass is 9.73. The van der Waals surface area contributed by atoms with Gasteiger partial charge < -0.3 is 10.1 Å². The summed E-state index contributed by atoms with van der Waals surface area (Å²) in [4.78, 5) is 0. The summed E-state index contributed by atoms with van der Waals surface area (Å²) in [6.45, 7) is 8.27. The van der Waals surface area contributed by atoms with Gasteiger partial charge in [-0.05, 0) is 51.0 Å². The van der Waals surface area contributed by atoms with E-state index in [-0.39, 0.29) is 5.60 Å². The summed E-state index contributed by atoms with van der Waals surface area (Å²) in [7, 11) is 0. The molecule has 0 amide bonds. The highest BCUT2D eigenvalue weighted by Crippen LogP contribution is 2.41. The number of hydrogen-bond acceptors (Lipinski definition) is 2. The lowest BCUT2D eigenvalue weighted by molar-refractivity contribution is -0.121. The van der Waals surface area contributed by atoms with Gasteiger partial charge in [0.2, 0.25) is 0 Å². The second-order valence-corrected chi connectivity index (χ2v) is 6.43. The topological polar surface area (TPSA) is 21.3 Å². The van der Waals surface area contributed by atoms with Crippen LogP contribution in [0.25, 0.3) is 0 Å². The highest BCUT2D eigenvalue weighted by atomic mass is 16.5. The average molecular weight is 265 g/mol. The molecular weight excluding hydrogens is 234 g/mol. The Labute approximate surface area is 119 Å². The first kappa shape index (κ1) is 15.1. The van der Waals surface area contributed by atoms with E-state index in [1.165, 1.54) is 51.4 Å². The van der Waals surface area contributed by atoms with Crippen molar-refractivity contribution in [2.24, 2.45) is 5.92 Å². The SMILES string of the molecule is C=CCC(NCCC)C1CCOC2(CCCCC2)C1. The third kappa shape index (κ3) is 4.06. The Bertz CT molecular complexity index is 265. The first-order chi connectivity index (χ1) is 9.29. The summed E-state index contributed by atoms with van der Waals surface area (Å²) in [6, 6.07) is 0.611. The number of ether oxygens (including phenoxy) is 1. The largest absolute Gasteiger partial charge is 0.375 e. The summed E-state index contributed by atoms with van der Waals surface area (Å²) in [5.74, 6) is 0.774. The molecule has 2 fully saturated rings. The Kier molecular flexibility index (Phi) is 5.90. The molecule has 1 saturated heterocycles. The molecule has 0 radical (unpaired) electrons. The predicted molar refractivity (Wildman–Crippen MR) is 81.4 cm³/mol. The zero-order valence-corrected chi connectivity index (χ0v) is 12.6. The van der Waals surface area contributed by atoms with Crippen molar-refractivity contribution in [3.63, 3.8) is 0 Å². The minimum Gasteiger partial charge on any atom is -0.375 e. The number of nitrogens with one attached hydrogen (secondary N) is 1. The normalized spacial score (nSPS) is 28.2. The van der Waals surface area contributed by atoms with E-state index in [0.717, 1.165) is 25.5 Å². The summed E-state index contributed by atoms with van der Waals surface area (Å²) in [5.41, 5.74) is 0.231. The van der Waals surface area contributed by atoms with Gasteiger partial charge in [0.25, 0.3) is 0 Å². The maximum Gasteiger partial charge on any atom is 0.0685 e. The van der Waals surface area contributed by atoms with Crippen LogP contribution in [0.5, 0.6) is 0 Å². The van der Waals surface area contributed by atoms with Crippen LogP contribution in [0, 0.1) is 5.92 Å². The Morgan fingerprint density at radius 2 is 2.16 bits per heavy atom. The van der Waals surface area contributed by atoms with Gasteiger partial charge in [-0.1, -0.05) is 32.3 Å². The molecule has 0 aromatic carbocycles. The lowest BCUT2D eigenvalue weighted by Crippen LogP contribution is -2.47. The first-order valence-corrected chi connectivity index (χ1v) is 8.28. The monoisotopic (exact) mass is 265 g/mol. The maximum atomic E-state index is 6.22. The van der Waals surface area contributed by atoms with Crippen molar-refractivity contribution in [3.8, 4) is 0 Å². The molecule has 2 nitrogen and oxygen atoms in total. The molecule has 2 unspecified atom stereocenters. The van der Waals surface area contributed by atoms with Crippen molar-refractivity contribution in [2.45, 2.75) is 76.4 Å². The molecule has 1 spiro atoms. The Morgan fingerprint density at radius 1 is 1.37 bits per heavy atom. The zero-order valence-electron chi connectivity index (χ0n) is 12.6. The quantitative estimate of drug-likeness (QED) is 0.731. The molecule has 1 aliphatic heterocycles. The first-order valence-electron chi connectivity index (χ1n) is 8.28. The van der Waals surface area contributed by atoms with Crippen molar-refractivity contribution in [1.82, 2.24) is 5.32 Å². The van der Waals surface area contributed by atoms with Crippen molar-refractivity contribution in [2.75, 3.05) is 13.2 Å². The van der Waals surface area contributed by atoms with E-state index in [1.54, 1.807) is 0 Å². The van der Waals surface area contributed by atoms with E-state index in [2.05, 4.69) is 24.9 Å². The molecule has 0 aromatic rings. The van der Waals surface area contributed by atoms with Crippen LogP contribution in [-0.4, -0.2) is 24.8 Å². The van der Waals surface area contributed by atoms with Crippen LogP contribution in [0.1, 0.15) is 64.7 Å². The molecule has 0 bridgehead atoms. The molecule has 1 N–H and O–H groups in total. The van der Waals surface area contributed by atoms with Crippen LogP contribution >= 0.6 is 0 Å². The van der Waals surface area contributed by atoms with Crippen LogP contribution in [0.3, 0.4) is 0 Å². The van der Waals surface area contributed by atoms with Crippen LogP contribution in [0.4, 0.5) is 0 Å². The highest BCUT2D eigenvalue weighted by Gasteiger charge is 2.40. The van der Waals surface area contributed by atoms with E-state index >= 15 is 0 Å². The Hall–Kier alpha value is -0.340. The maximum absolute atomic E-state index is 6.22. The van der Waals surface area contributed by atoms with Crippen LogP contribution in [-0.2, 0) is 4.74 Å². The van der Waals surface area contributed by atoms with E-state index in [0.29, 0.717) is 6.04 Å². The molecule has 1 heterocycles. The van der Waals surface area contributed by atoms with Gasteiger partial charge in [-0.25, -0.2) is 0 Å². The molecular formula is C17H31NO. The highest BCUT2D eigenvalue weighted by molar-refractivity contribution is 4.94.